The summed E-state index contributed by atoms with van der Waals surface area (Å²) in [5, 5.41) is -0.196. The first-order chi connectivity index (χ1) is 13.1. The Morgan fingerprint density at radius 1 is 1.04 bits per heavy atom. The van der Waals surface area contributed by atoms with Gasteiger partial charge >= 0.3 is 6.18 Å². The third-order valence-corrected chi connectivity index (χ3v) is 6.94. The van der Waals surface area contributed by atoms with Gasteiger partial charge in [-0.25, -0.2) is 8.42 Å². The first-order valence-electron chi connectivity index (χ1n) is 8.57. The maximum atomic E-state index is 13.3. The third-order valence-electron chi connectivity index (χ3n) is 4.75. The van der Waals surface area contributed by atoms with E-state index >= 15 is 0 Å². The second-order valence-electron chi connectivity index (χ2n) is 6.55. The van der Waals surface area contributed by atoms with Crippen molar-refractivity contribution in [3.63, 3.8) is 0 Å². The quantitative estimate of drug-likeness (QED) is 0.662. The van der Waals surface area contributed by atoms with Crippen LogP contribution in [-0.4, -0.2) is 31.6 Å². The summed E-state index contributed by atoms with van der Waals surface area (Å²) in [5.74, 6) is -0.443. The second kappa shape index (κ2) is 7.85. The largest absolute Gasteiger partial charge is 0.417 e. The molecule has 0 aromatic heterocycles. The summed E-state index contributed by atoms with van der Waals surface area (Å²) in [6.07, 6.45) is -4.35. The average Bonchev–Trinajstić information content (AvgIpc) is 2.67. The molecule has 0 atom stereocenters. The number of rotatable bonds is 4. The van der Waals surface area contributed by atoms with Gasteiger partial charge in [-0.05, 0) is 31.0 Å². The van der Waals surface area contributed by atoms with Gasteiger partial charge in [0.1, 0.15) is 0 Å². The second-order valence-corrected chi connectivity index (χ2v) is 8.89. The summed E-state index contributed by atoms with van der Waals surface area (Å²) in [4.78, 5) is 11.7. The average molecular weight is 432 g/mol. The minimum Gasteiger partial charge on any atom is -0.294 e. The van der Waals surface area contributed by atoms with Crippen molar-refractivity contribution < 1.29 is 26.4 Å². The van der Waals surface area contributed by atoms with Crippen molar-refractivity contribution in [2.24, 2.45) is 5.92 Å². The highest BCUT2D eigenvalue weighted by atomic mass is 35.5. The maximum absolute atomic E-state index is 13.3. The molecule has 0 unspecified atom stereocenters. The molecule has 0 N–H and O–H groups in total. The van der Waals surface area contributed by atoms with Gasteiger partial charge in [0.05, 0.1) is 10.5 Å². The molecule has 0 amide bonds. The van der Waals surface area contributed by atoms with Gasteiger partial charge < -0.3 is 0 Å². The number of benzene rings is 2. The van der Waals surface area contributed by atoms with Crippen LogP contribution in [0.1, 0.15) is 28.8 Å². The summed E-state index contributed by atoms with van der Waals surface area (Å²) in [5.41, 5.74) is -0.747. The fourth-order valence-electron chi connectivity index (χ4n) is 3.28. The molecule has 0 saturated carbocycles. The van der Waals surface area contributed by atoms with Gasteiger partial charge in [-0.3, -0.25) is 4.79 Å². The topological polar surface area (TPSA) is 54.5 Å². The number of hydrogen-bond donors (Lipinski definition) is 0. The molecule has 3 rings (SSSR count). The Morgan fingerprint density at radius 2 is 1.64 bits per heavy atom. The number of hydrogen-bond acceptors (Lipinski definition) is 3. The van der Waals surface area contributed by atoms with Gasteiger partial charge in [-0.15, -0.1) is 0 Å². The van der Waals surface area contributed by atoms with E-state index in [1.54, 1.807) is 30.3 Å². The zero-order valence-electron chi connectivity index (χ0n) is 14.6. The van der Waals surface area contributed by atoms with Gasteiger partial charge in [-0.1, -0.05) is 41.9 Å². The molecular formula is C19H17ClF3NO3S. The number of piperidine rings is 1. The molecule has 2 aromatic rings. The van der Waals surface area contributed by atoms with Gasteiger partial charge in [0, 0.05) is 29.6 Å². The Bertz CT molecular complexity index is 970. The summed E-state index contributed by atoms with van der Waals surface area (Å²) < 4.78 is 66.5. The Morgan fingerprint density at radius 3 is 2.21 bits per heavy atom. The van der Waals surface area contributed by atoms with E-state index in [0.29, 0.717) is 11.6 Å². The SMILES string of the molecule is O=C(c1ccccc1)C1CCN(S(=O)(=O)c2ccc(Cl)cc2C(F)(F)F)CC1. The molecule has 2 aromatic carbocycles. The number of carbonyl (C=O) groups excluding carboxylic acids is 1. The molecule has 9 heteroatoms. The predicted octanol–water partition coefficient (Wildman–Crippen LogP) is 4.64. The van der Waals surface area contributed by atoms with Gasteiger partial charge in [0.2, 0.25) is 10.0 Å². The number of sulfonamides is 1. The van der Waals surface area contributed by atoms with E-state index in [-0.39, 0.29) is 42.7 Å². The lowest BCUT2D eigenvalue weighted by Crippen LogP contribution is -2.40. The summed E-state index contributed by atoms with van der Waals surface area (Å²) in [7, 11) is -4.36. The molecule has 4 nitrogen and oxygen atoms in total. The van der Waals surface area contributed by atoms with Crippen molar-refractivity contribution in [1.82, 2.24) is 4.31 Å². The Labute approximate surface area is 166 Å². The van der Waals surface area contributed by atoms with Gasteiger partial charge in [0.25, 0.3) is 0 Å². The predicted molar refractivity (Wildman–Crippen MR) is 98.7 cm³/mol. The molecule has 150 valence electrons. The van der Waals surface area contributed by atoms with Crippen molar-refractivity contribution in [2.45, 2.75) is 23.9 Å². The van der Waals surface area contributed by atoms with Crippen molar-refractivity contribution >= 4 is 27.4 Å². The van der Waals surface area contributed by atoms with Crippen LogP contribution in [0, 0.1) is 5.92 Å². The highest BCUT2D eigenvalue weighted by Crippen LogP contribution is 2.37. The van der Waals surface area contributed by atoms with Crippen LogP contribution in [-0.2, 0) is 16.2 Å². The van der Waals surface area contributed by atoms with Crippen molar-refractivity contribution in [1.29, 1.82) is 0 Å². The van der Waals surface area contributed by atoms with Crippen LogP contribution in [0.15, 0.2) is 53.4 Å². The van der Waals surface area contributed by atoms with Crippen LogP contribution in [0.3, 0.4) is 0 Å². The van der Waals surface area contributed by atoms with Crippen LogP contribution in [0.4, 0.5) is 13.2 Å². The molecule has 1 aliphatic heterocycles. The van der Waals surface area contributed by atoms with Crippen LogP contribution in [0.25, 0.3) is 0 Å². The lowest BCUT2D eigenvalue weighted by molar-refractivity contribution is -0.139. The Hall–Kier alpha value is -1.90. The number of nitrogens with zero attached hydrogens (tertiary/aromatic N) is 1. The highest BCUT2D eigenvalue weighted by molar-refractivity contribution is 7.89. The Balaban J connectivity index is 1.80. The zero-order chi connectivity index (χ0) is 20.5. The molecule has 1 aliphatic rings. The van der Waals surface area contributed by atoms with E-state index in [1.807, 2.05) is 0 Å². The monoisotopic (exact) mass is 431 g/mol. The number of halogens is 4. The molecule has 0 bridgehead atoms. The standard InChI is InChI=1S/C19H17ClF3NO3S/c20-15-6-7-17(16(12-15)19(21,22)23)28(26,27)24-10-8-14(9-11-24)18(25)13-4-2-1-3-5-13/h1-7,12,14H,8-11H2. The number of carbonyl (C=O) groups is 1. The molecule has 0 radical (unpaired) electrons. The minimum absolute atomic E-state index is 0.0223. The van der Waals surface area contributed by atoms with E-state index in [9.17, 15) is 26.4 Å². The van der Waals surface area contributed by atoms with Gasteiger partial charge in [-0.2, -0.15) is 17.5 Å². The minimum atomic E-state index is -4.85. The fraction of sp³-hybridized carbons (Fsp3) is 0.316. The van der Waals surface area contributed by atoms with E-state index in [1.165, 1.54) is 0 Å². The molecule has 1 saturated heterocycles. The molecule has 1 heterocycles. The summed E-state index contributed by atoms with van der Waals surface area (Å²) >= 11 is 5.63. The van der Waals surface area contributed by atoms with E-state index in [4.69, 9.17) is 11.6 Å². The first kappa shape index (κ1) is 20.8. The number of ketones is 1. The van der Waals surface area contributed by atoms with Gasteiger partial charge in [0.15, 0.2) is 5.78 Å². The molecule has 0 spiro atoms. The molecular weight excluding hydrogens is 415 g/mol. The zero-order valence-corrected chi connectivity index (χ0v) is 16.2. The van der Waals surface area contributed by atoms with E-state index < -0.39 is 26.7 Å². The van der Waals surface area contributed by atoms with Crippen LogP contribution in [0.5, 0.6) is 0 Å². The smallest absolute Gasteiger partial charge is 0.294 e. The number of Topliss-reactive ketones (excluding diaryl/α,β-unsaturated/α-hetero) is 1. The lowest BCUT2D eigenvalue weighted by atomic mass is 9.90. The van der Waals surface area contributed by atoms with E-state index in [0.717, 1.165) is 16.4 Å². The van der Waals surface area contributed by atoms with Crippen LogP contribution in [0.2, 0.25) is 5.02 Å². The van der Waals surface area contributed by atoms with Crippen molar-refractivity contribution in [2.75, 3.05) is 13.1 Å². The fourth-order valence-corrected chi connectivity index (χ4v) is 5.12. The van der Waals surface area contributed by atoms with Crippen molar-refractivity contribution in [3.8, 4) is 0 Å². The normalized spacial score (nSPS) is 16.9. The Kier molecular flexibility index (Phi) is 5.84. The molecule has 28 heavy (non-hydrogen) atoms. The lowest BCUT2D eigenvalue weighted by Gasteiger charge is -2.31. The highest BCUT2D eigenvalue weighted by Gasteiger charge is 2.40. The van der Waals surface area contributed by atoms with E-state index in [2.05, 4.69) is 0 Å². The summed E-state index contributed by atoms with van der Waals surface area (Å²) in [6.45, 7) is -0.0446. The van der Waals surface area contributed by atoms with Crippen molar-refractivity contribution in [3.05, 3.63) is 64.7 Å². The first-order valence-corrected chi connectivity index (χ1v) is 10.4. The number of alkyl halides is 3. The summed E-state index contributed by atoms with van der Waals surface area (Å²) in [6, 6.07) is 11.3. The molecule has 1 fully saturated rings. The third kappa shape index (κ3) is 4.24. The molecule has 0 aliphatic carbocycles. The van der Waals surface area contributed by atoms with Crippen LogP contribution < -0.4 is 0 Å². The maximum Gasteiger partial charge on any atom is 0.417 e. The van der Waals surface area contributed by atoms with Crippen LogP contribution >= 0.6 is 11.6 Å².